The third-order valence-electron chi connectivity index (χ3n) is 9.57. The summed E-state index contributed by atoms with van der Waals surface area (Å²) in [6.45, 7) is 3.92. The van der Waals surface area contributed by atoms with Crippen LogP contribution in [0.25, 0.3) is 0 Å². The Morgan fingerprint density at radius 1 is 0.653 bits per heavy atom. The van der Waals surface area contributed by atoms with Crippen molar-refractivity contribution in [2.24, 2.45) is 27.6 Å². The summed E-state index contributed by atoms with van der Waals surface area (Å²) < 4.78 is 16.2. The molecule has 4 aromatic rings. The minimum atomic E-state index is -0.640. The van der Waals surface area contributed by atoms with Crippen LogP contribution in [-0.4, -0.2) is 148 Å². The summed E-state index contributed by atoms with van der Waals surface area (Å²) >= 11 is 29.0. The number of halogens is 5. The number of methoxy groups -OCH3 is 3. The molecule has 1 radical (unpaired) electrons. The fraction of sp³-hybridized carbons (Fsp3) is 0.452. The topological polar surface area (TPSA) is 406 Å². The molecule has 7 rings (SSSR count). The zero-order valence-electron chi connectivity index (χ0n) is 41.2. The quantitative estimate of drug-likeness (QED) is 0.0267. The first-order valence-corrected chi connectivity index (χ1v) is 24.5. The van der Waals surface area contributed by atoms with Crippen LogP contribution < -0.4 is 33.6 Å². The molecule has 3 saturated heterocycles. The van der Waals surface area contributed by atoms with Crippen LogP contribution in [0.1, 0.15) is 96.8 Å². The number of esters is 3. The number of alkyl halides is 1. The van der Waals surface area contributed by atoms with Crippen LogP contribution in [0.2, 0.25) is 21.1 Å². The molecule has 0 saturated carbocycles. The van der Waals surface area contributed by atoms with Gasteiger partial charge in [-0.15, -0.1) is 0 Å². The van der Waals surface area contributed by atoms with Gasteiger partial charge in [0.05, 0.1) is 33.1 Å². The second-order valence-electron chi connectivity index (χ2n) is 14.6. The monoisotopic (exact) mass is 1210 g/mol. The molecule has 0 spiro atoms. The number of nitrogens with zero attached hydrogens (tertiary/aromatic N) is 9. The molecule has 4 amide bonds. The number of hydrogen-bond acceptors (Lipinski definition) is 23. The van der Waals surface area contributed by atoms with Crippen molar-refractivity contribution in [1.82, 2.24) is 62.0 Å². The van der Waals surface area contributed by atoms with Gasteiger partial charge in [0, 0.05) is 61.0 Å². The van der Waals surface area contributed by atoms with Crippen molar-refractivity contribution in [1.29, 1.82) is 0 Å². The molecular weight excluding hydrogens is 1160 g/mol. The van der Waals surface area contributed by atoms with Gasteiger partial charge in [-0.3, -0.25) is 19.2 Å². The molecule has 33 heteroatoms. The van der Waals surface area contributed by atoms with Gasteiger partial charge in [0.15, 0.2) is 17.1 Å². The first-order valence-electron chi connectivity index (χ1n) is 21.5. The van der Waals surface area contributed by atoms with E-state index in [0.29, 0.717) is 53.8 Å². The maximum absolute atomic E-state index is 11.4. The summed E-state index contributed by atoms with van der Waals surface area (Å²) in [5.41, 5.74) is 13.5. The number of hydrogen-bond donors (Lipinski definition) is 8. The van der Waals surface area contributed by atoms with Gasteiger partial charge < -0.3 is 52.9 Å². The third kappa shape index (κ3) is 26.6. The van der Waals surface area contributed by atoms with Crippen molar-refractivity contribution in [2.75, 3.05) is 48.1 Å². The molecule has 11 N–H and O–H groups in total. The second kappa shape index (κ2) is 38.0. The fourth-order valence-electron chi connectivity index (χ4n) is 6.10. The molecule has 409 valence electrons. The predicted molar refractivity (Wildman–Crippen MR) is 283 cm³/mol. The maximum atomic E-state index is 11.4. The van der Waals surface area contributed by atoms with Gasteiger partial charge in [0.2, 0.25) is 38.9 Å². The van der Waals surface area contributed by atoms with Gasteiger partial charge in [0.25, 0.3) is 5.91 Å². The van der Waals surface area contributed by atoms with Gasteiger partial charge in [-0.2, -0.15) is 0 Å². The summed E-state index contributed by atoms with van der Waals surface area (Å²) in [4.78, 5) is 108. The molecule has 2 unspecified atom stereocenters. The van der Waals surface area contributed by atoms with Crippen molar-refractivity contribution in [3.05, 3.63) is 91.0 Å². The van der Waals surface area contributed by atoms with E-state index < -0.39 is 23.8 Å². The van der Waals surface area contributed by atoms with Crippen molar-refractivity contribution < 1.29 is 52.9 Å². The molecule has 26 nitrogen and oxygen atoms in total. The Morgan fingerprint density at radius 3 is 1.29 bits per heavy atom. The van der Waals surface area contributed by atoms with Crippen molar-refractivity contribution in [3.63, 3.8) is 0 Å². The molecular formula is C42H56BBrCl4N15O11S. The molecule has 0 aromatic carbocycles. The van der Waals surface area contributed by atoms with Crippen LogP contribution in [0.15, 0.2) is 28.6 Å². The summed E-state index contributed by atoms with van der Waals surface area (Å²) in [5, 5.41) is 15.8. The predicted octanol–water partition coefficient (Wildman–Crippen LogP) is 3.11. The Morgan fingerprint density at radius 2 is 0.987 bits per heavy atom. The van der Waals surface area contributed by atoms with Crippen LogP contribution in [0.4, 0.5) is 0 Å². The Labute approximate surface area is 466 Å². The van der Waals surface area contributed by atoms with E-state index in [1.165, 1.54) is 39.5 Å². The number of amides is 4. The number of primary amides is 1. The fourth-order valence-corrected chi connectivity index (χ4v) is 7.22. The van der Waals surface area contributed by atoms with Gasteiger partial charge >= 0.3 is 42.7 Å². The van der Waals surface area contributed by atoms with E-state index in [2.05, 4.69) is 111 Å². The molecule has 3 aliphatic rings. The molecule has 3 aliphatic heterocycles. The number of aliphatic hydroxyl groups is 1. The number of carbonyl (C=O) groups excluding carboxylic acids is 7. The number of aliphatic hydroxyl groups excluding tert-OH is 1. The number of nitrogens with two attached hydrogens (primary N) is 2. The summed E-state index contributed by atoms with van der Waals surface area (Å²) in [6, 6.07) is 5.86. The van der Waals surface area contributed by atoms with Gasteiger partial charge in [0.1, 0.15) is 5.69 Å². The van der Waals surface area contributed by atoms with Gasteiger partial charge in [-0.05, 0) is 123 Å². The molecule has 3 atom stereocenters. The van der Waals surface area contributed by atoms with Crippen molar-refractivity contribution in [3.8, 4) is 0 Å². The van der Waals surface area contributed by atoms with E-state index in [9.17, 15) is 33.6 Å². The average Bonchev–Trinajstić information content (AvgIpc) is 4.11. The van der Waals surface area contributed by atoms with Crippen LogP contribution in [-0.2, 0) is 46.8 Å². The second-order valence-corrected chi connectivity index (χ2v) is 16.8. The number of rotatable bonds is 11. The van der Waals surface area contributed by atoms with E-state index in [1.807, 2.05) is 0 Å². The molecule has 4 aromatic heterocycles. The minimum absolute atomic E-state index is 0. The summed E-state index contributed by atoms with van der Waals surface area (Å²) in [6.07, 6.45) is 4.96. The molecule has 75 heavy (non-hydrogen) atoms. The number of carbonyl (C=O) groups is 7. The Kier molecular flexibility index (Phi) is 35.1. The Hall–Kier alpha value is -5.66. The van der Waals surface area contributed by atoms with Gasteiger partial charge in [-0.1, -0.05) is 15.9 Å². The van der Waals surface area contributed by atoms with Crippen LogP contribution in [0.5, 0.6) is 0 Å². The Bertz CT molecular complexity index is 2530. The van der Waals surface area contributed by atoms with Gasteiger partial charge in [-0.25, -0.2) is 54.3 Å². The molecule has 7 heterocycles. The molecule has 0 bridgehead atoms. The average molecular weight is 1210 g/mol. The summed E-state index contributed by atoms with van der Waals surface area (Å²) in [5.74, 6) is -2.07. The Balaban J connectivity index is 0.000000914. The van der Waals surface area contributed by atoms with Crippen LogP contribution in [0.3, 0.4) is 0 Å². The van der Waals surface area contributed by atoms with Crippen molar-refractivity contribution >= 4 is 124 Å². The SMILES string of the molecule is CO.COC(=O)c1cc(C)nc(Cl)n1.COC(=O)c1cc(CBr)nc(Cl)n1.COC(=O)c1cc(CCC2CCNC2=O)nc(Cl)n1.N.NC(=O)c1cc(CCC2CCNC2=O)nc(Cl)n1.N[C@H]1CCNC1=O.[B]=NS. The van der Waals surface area contributed by atoms with Crippen LogP contribution in [0, 0.1) is 18.8 Å². The third-order valence-corrected chi connectivity index (χ3v) is 10.8. The zero-order chi connectivity index (χ0) is 55.9. The van der Waals surface area contributed by atoms with E-state index in [1.54, 1.807) is 13.0 Å². The normalized spacial score (nSPS) is 15.4. The van der Waals surface area contributed by atoms with Crippen molar-refractivity contribution in [2.45, 2.75) is 63.2 Å². The number of thiol groups is 1. The number of ether oxygens (including phenoxy) is 3. The number of aryl methyl sites for hydroxylation is 3. The first kappa shape index (κ1) is 69.3. The van der Waals surface area contributed by atoms with E-state index in [4.69, 9.17) is 63.0 Å². The molecule has 3 fully saturated rings. The van der Waals surface area contributed by atoms with E-state index in [0.717, 1.165) is 46.0 Å². The first-order chi connectivity index (χ1) is 35.2. The summed E-state index contributed by atoms with van der Waals surface area (Å²) in [7, 11) is 9.18. The van der Waals surface area contributed by atoms with E-state index >= 15 is 0 Å². The zero-order valence-corrected chi connectivity index (χ0v) is 46.7. The standard InChI is InChI=1S/C12H14ClN3O3.C11H13ClN4O2.C7H6BrClN2O2.C7H7ClN2O2.C4H8N2O.CH4O.BHNS.H3N/c1-19-11(18)9-6-8(15-12(13)16-9)3-2-7-4-5-14-10(7)17;12-11-15-7(5-8(16-11)9(13)17)2-1-6-3-4-14-10(6)18;1-13-6(12)5-2-4(3-8)10-7(9)11-5;1-4-3-5(6(11)12-2)10-7(8)9-4;5-3-1-2-6-4(3)7;1-2;1-2-3;/h6-7H,2-5H2,1H3,(H,14,17);5-6H,1-4H2,(H2,13,17)(H,14,18);2H,3H2,1H3;3H,1-2H3;3H,1-2,5H2,(H,6,7);2H,1H3;3H;1H3/t;;;;3-;;;/m....0.../s1. The molecule has 0 aliphatic carbocycles. The number of aromatic nitrogens is 8. The number of nitrogens with one attached hydrogen (secondary N) is 3. The van der Waals surface area contributed by atoms with E-state index in [-0.39, 0.29) is 85.7 Å². The van der Waals surface area contributed by atoms with Crippen LogP contribution >= 0.6 is 75.1 Å².